The molecule has 0 bridgehead atoms. The first-order valence-corrected chi connectivity index (χ1v) is 7.69. The minimum atomic E-state index is -5.57. The Kier molecular flexibility index (Phi) is 6.08. The fourth-order valence-electron chi connectivity index (χ4n) is 2.08. The summed E-state index contributed by atoms with van der Waals surface area (Å²) in [5.41, 5.74) is 0.226. The van der Waals surface area contributed by atoms with E-state index in [-0.39, 0.29) is 5.56 Å². The molecular weight excluding hydrogens is 386 g/mol. The van der Waals surface area contributed by atoms with E-state index in [0.717, 1.165) is 12.1 Å². The van der Waals surface area contributed by atoms with Gasteiger partial charge in [0.2, 0.25) is 5.38 Å². The van der Waals surface area contributed by atoms with E-state index in [1.54, 1.807) is 6.07 Å². The van der Waals surface area contributed by atoms with Crippen molar-refractivity contribution < 1.29 is 35.8 Å². The minimum absolute atomic E-state index is 0.226. The van der Waals surface area contributed by atoms with Gasteiger partial charge in [-0.1, -0.05) is 48.5 Å². The van der Waals surface area contributed by atoms with Gasteiger partial charge in [-0.2, -0.15) is 26.3 Å². The van der Waals surface area contributed by atoms with Crippen molar-refractivity contribution in [2.24, 2.45) is 0 Å². The summed E-state index contributed by atoms with van der Waals surface area (Å²) >= 11 is 5.19. The van der Waals surface area contributed by atoms with Gasteiger partial charge in [-0.25, -0.2) is 0 Å². The van der Waals surface area contributed by atoms with E-state index in [4.69, 9.17) is 11.6 Å². The summed E-state index contributed by atoms with van der Waals surface area (Å²) in [6.07, 6.45) is -11.0. The molecule has 0 N–H and O–H groups in total. The Morgan fingerprint density at radius 3 is 1.77 bits per heavy atom. The second kappa shape index (κ2) is 7.75. The summed E-state index contributed by atoms with van der Waals surface area (Å²) in [6, 6.07) is 13.7. The molecule has 2 aromatic rings. The third kappa shape index (κ3) is 4.62. The average Bonchev–Trinajstić information content (AvgIpc) is 2.58. The zero-order valence-electron chi connectivity index (χ0n) is 13.0. The minimum Gasteiger partial charge on any atom is -0.452 e. The molecular formula is C17H13ClF6O2. The van der Waals surface area contributed by atoms with E-state index >= 15 is 0 Å². The summed E-state index contributed by atoms with van der Waals surface area (Å²) in [6.45, 7) is -0.785. The smallest absolute Gasteiger partial charge is 0.452 e. The van der Waals surface area contributed by atoms with Gasteiger partial charge in [0, 0.05) is 0 Å². The lowest BCUT2D eigenvalue weighted by molar-refractivity contribution is -0.377. The zero-order valence-corrected chi connectivity index (χ0v) is 13.8. The van der Waals surface area contributed by atoms with Crippen molar-refractivity contribution in [3.8, 4) is 5.75 Å². The monoisotopic (exact) mass is 398 g/mol. The van der Waals surface area contributed by atoms with Crippen LogP contribution in [0.5, 0.6) is 5.75 Å². The normalized spacial score (nSPS) is 16.0. The molecule has 0 aliphatic carbocycles. The molecule has 2 unspecified atom stereocenters. The molecule has 0 aliphatic heterocycles. The first-order valence-electron chi connectivity index (χ1n) is 7.26. The highest BCUT2D eigenvalue weighted by Crippen LogP contribution is 2.46. The maximum absolute atomic E-state index is 13.7. The average molecular weight is 399 g/mol. The molecule has 2 atom stereocenters. The van der Waals surface area contributed by atoms with Crippen molar-refractivity contribution in [2.45, 2.75) is 30.1 Å². The van der Waals surface area contributed by atoms with Crippen molar-refractivity contribution in [3.63, 3.8) is 0 Å². The quantitative estimate of drug-likeness (QED) is 0.352. The van der Waals surface area contributed by atoms with Crippen molar-refractivity contribution in [1.82, 2.24) is 0 Å². The topological polar surface area (TPSA) is 18.5 Å². The Hall–Kier alpha value is -1.93. The van der Waals surface area contributed by atoms with Gasteiger partial charge in [0.25, 0.3) is 0 Å². The van der Waals surface area contributed by atoms with Crippen LogP contribution in [0.2, 0.25) is 0 Å². The van der Waals surface area contributed by atoms with E-state index in [9.17, 15) is 26.3 Å². The fourth-order valence-corrected chi connectivity index (χ4v) is 2.31. The molecule has 0 saturated heterocycles. The van der Waals surface area contributed by atoms with Crippen LogP contribution in [-0.4, -0.2) is 23.5 Å². The number of para-hydroxylation sites is 1. The largest absolute Gasteiger partial charge is 0.457 e. The number of halogens is 7. The number of alkyl halides is 7. The second-order valence-corrected chi connectivity index (χ2v) is 5.70. The Morgan fingerprint density at radius 1 is 0.808 bits per heavy atom. The van der Waals surface area contributed by atoms with Gasteiger partial charge in [-0.3, -0.25) is 0 Å². The second-order valence-electron chi connectivity index (χ2n) is 5.26. The molecule has 0 amide bonds. The van der Waals surface area contributed by atoms with E-state index in [1.165, 1.54) is 42.5 Å². The molecule has 2 rings (SSSR count). The highest BCUT2D eigenvalue weighted by atomic mass is 35.5. The van der Waals surface area contributed by atoms with E-state index in [0.29, 0.717) is 0 Å². The molecule has 0 aromatic heterocycles. The molecule has 0 aliphatic rings. The van der Waals surface area contributed by atoms with E-state index in [1.807, 2.05) is 0 Å². The summed E-state index contributed by atoms with van der Waals surface area (Å²) in [5, 5.41) is -3.49. The summed E-state index contributed by atoms with van der Waals surface area (Å²) in [4.78, 5) is 0. The van der Waals surface area contributed by atoms with Crippen molar-refractivity contribution >= 4 is 11.6 Å². The summed E-state index contributed by atoms with van der Waals surface area (Å²) < 4.78 is 89.8. The van der Waals surface area contributed by atoms with Crippen molar-refractivity contribution in [1.29, 1.82) is 0 Å². The fraction of sp³-hybridized carbons (Fsp3) is 0.294. The standard InChI is InChI=1S/C17H13ClF6O2/c18-14(16(19,20)21)15(17(22,23)24,26-13-9-5-2-6-10-13)25-11-12-7-3-1-4-8-12/h1-10,14H,11H2. The molecule has 2 nitrogen and oxygen atoms in total. The molecule has 9 heteroatoms. The zero-order chi connectivity index (χ0) is 19.4. The maximum atomic E-state index is 13.7. The van der Waals surface area contributed by atoms with Crippen LogP contribution in [-0.2, 0) is 11.3 Å². The van der Waals surface area contributed by atoms with Gasteiger partial charge < -0.3 is 9.47 Å². The summed E-state index contributed by atoms with van der Waals surface area (Å²) in [5.74, 6) is -4.59. The molecule has 142 valence electrons. The molecule has 0 fully saturated rings. The first-order chi connectivity index (χ1) is 12.1. The van der Waals surface area contributed by atoms with Gasteiger partial charge in [-0.15, -0.1) is 11.6 Å². The first kappa shape index (κ1) is 20.4. The Balaban J connectivity index is 2.45. The molecule has 26 heavy (non-hydrogen) atoms. The lowest BCUT2D eigenvalue weighted by Gasteiger charge is -2.39. The van der Waals surface area contributed by atoms with Crippen LogP contribution in [0.4, 0.5) is 26.3 Å². The van der Waals surface area contributed by atoms with Crippen LogP contribution in [0, 0.1) is 0 Å². The number of hydrogen-bond donors (Lipinski definition) is 0. The van der Waals surface area contributed by atoms with Gasteiger partial charge in [0.15, 0.2) is 0 Å². The molecule has 0 heterocycles. The van der Waals surface area contributed by atoms with Crippen molar-refractivity contribution in [2.75, 3.05) is 0 Å². The number of ether oxygens (including phenoxy) is 2. The van der Waals surface area contributed by atoms with Crippen LogP contribution < -0.4 is 4.74 Å². The van der Waals surface area contributed by atoms with Gasteiger partial charge in [0.1, 0.15) is 5.75 Å². The Bertz CT molecular complexity index is 690. The molecule has 0 radical (unpaired) electrons. The number of hydrogen-bond acceptors (Lipinski definition) is 2. The molecule has 0 saturated carbocycles. The lowest BCUT2D eigenvalue weighted by Crippen LogP contribution is -2.63. The van der Waals surface area contributed by atoms with Crippen LogP contribution in [0.15, 0.2) is 60.7 Å². The van der Waals surface area contributed by atoms with Crippen LogP contribution >= 0.6 is 11.6 Å². The molecule has 0 spiro atoms. The highest BCUT2D eigenvalue weighted by Gasteiger charge is 2.70. The van der Waals surface area contributed by atoms with Gasteiger partial charge in [0.05, 0.1) is 6.61 Å². The van der Waals surface area contributed by atoms with Crippen LogP contribution in [0.25, 0.3) is 0 Å². The van der Waals surface area contributed by atoms with Gasteiger partial charge >= 0.3 is 18.1 Å². The Morgan fingerprint density at radius 2 is 1.31 bits per heavy atom. The van der Waals surface area contributed by atoms with E-state index < -0.39 is 35.9 Å². The Labute approximate surface area is 150 Å². The third-order valence-electron chi connectivity index (χ3n) is 3.32. The lowest BCUT2D eigenvalue weighted by atomic mass is 10.1. The third-order valence-corrected chi connectivity index (χ3v) is 3.86. The summed E-state index contributed by atoms with van der Waals surface area (Å²) in [7, 11) is 0. The molecule has 2 aromatic carbocycles. The highest BCUT2D eigenvalue weighted by molar-refractivity contribution is 6.22. The number of benzene rings is 2. The predicted octanol–water partition coefficient (Wildman–Crippen LogP) is 5.71. The predicted molar refractivity (Wildman–Crippen MR) is 82.8 cm³/mol. The van der Waals surface area contributed by atoms with Gasteiger partial charge in [-0.05, 0) is 17.7 Å². The van der Waals surface area contributed by atoms with E-state index in [2.05, 4.69) is 9.47 Å². The van der Waals surface area contributed by atoms with Crippen LogP contribution in [0.3, 0.4) is 0 Å². The van der Waals surface area contributed by atoms with Crippen molar-refractivity contribution in [3.05, 3.63) is 66.2 Å². The number of rotatable bonds is 6. The SMILES string of the molecule is FC(F)(F)C(Cl)C(OCc1ccccc1)(Oc1ccccc1)C(F)(F)F. The maximum Gasteiger partial charge on any atom is 0.457 e. The van der Waals surface area contributed by atoms with Crippen LogP contribution in [0.1, 0.15) is 5.56 Å².